The highest BCUT2D eigenvalue weighted by Crippen LogP contribution is 2.37. The lowest BCUT2D eigenvalue weighted by molar-refractivity contribution is 0.490. The Bertz CT molecular complexity index is 1100. The summed E-state index contributed by atoms with van der Waals surface area (Å²) < 4.78 is 43.0. The van der Waals surface area contributed by atoms with E-state index in [-0.39, 0.29) is 17.0 Å². The summed E-state index contributed by atoms with van der Waals surface area (Å²) in [5.41, 5.74) is 4.64. The van der Waals surface area contributed by atoms with Gasteiger partial charge < -0.3 is 0 Å². The molecule has 0 N–H and O–H groups in total. The van der Waals surface area contributed by atoms with Crippen LogP contribution in [0.4, 0.5) is 13.2 Å². The molecule has 0 saturated carbocycles. The number of halogens is 3. The van der Waals surface area contributed by atoms with Gasteiger partial charge in [0.2, 0.25) is 0 Å². The third-order valence-electron chi connectivity index (χ3n) is 5.81. The largest absolute Gasteiger partial charge is 0.207 e. The fourth-order valence-electron chi connectivity index (χ4n) is 4.20. The number of fused-ring (bicyclic) bond motifs is 1. The Morgan fingerprint density at radius 1 is 0.897 bits per heavy atom. The van der Waals surface area contributed by atoms with Crippen LogP contribution in [0.2, 0.25) is 0 Å². The van der Waals surface area contributed by atoms with Crippen molar-refractivity contribution in [3.63, 3.8) is 0 Å². The lowest BCUT2D eigenvalue weighted by Crippen LogP contribution is -2.16. The first kappa shape index (κ1) is 19.3. The third kappa shape index (κ3) is 3.65. The second-order valence-corrected chi connectivity index (χ2v) is 7.56. The van der Waals surface area contributed by atoms with Crippen molar-refractivity contribution < 1.29 is 13.2 Å². The zero-order valence-corrected chi connectivity index (χ0v) is 16.1. The van der Waals surface area contributed by atoms with Crippen LogP contribution in [0.1, 0.15) is 47.1 Å². The van der Waals surface area contributed by atoms with Crippen LogP contribution < -0.4 is 0 Å². The predicted octanol–water partition coefficient (Wildman–Crippen LogP) is 6.48. The van der Waals surface area contributed by atoms with E-state index in [2.05, 4.69) is 0 Å². The molecular formula is C25H20F3N. The number of aryl methyl sites for hydroxylation is 2. The van der Waals surface area contributed by atoms with Crippen molar-refractivity contribution >= 4 is 0 Å². The minimum absolute atomic E-state index is 0.0210. The van der Waals surface area contributed by atoms with Gasteiger partial charge in [-0.1, -0.05) is 31.2 Å². The average molecular weight is 391 g/mol. The van der Waals surface area contributed by atoms with Gasteiger partial charge in [-0.15, -0.1) is 0 Å². The summed E-state index contributed by atoms with van der Waals surface area (Å²) in [4.78, 5) is 0. The monoisotopic (exact) mass is 391 g/mol. The predicted molar refractivity (Wildman–Crippen MR) is 107 cm³/mol. The second kappa shape index (κ2) is 7.75. The van der Waals surface area contributed by atoms with Crippen LogP contribution in [0.3, 0.4) is 0 Å². The van der Waals surface area contributed by atoms with E-state index in [0.29, 0.717) is 36.8 Å². The van der Waals surface area contributed by atoms with E-state index in [1.54, 1.807) is 6.07 Å². The van der Waals surface area contributed by atoms with Gasteiger partial charge in [-0.25, -0.2) is 13.2 Å². The van der Waals surface area contributed by atoms with Gasteiger partial charge in [-0.05, 0) is 83.7 Å². The molecule has 0 heterocycles. The van der Waals surface area contributed by atoms with Gasteiger partial charge in [-0.2, -0.15) is 5.26 Å². The average Bonchev–Trinajstić information content (AvgIpc) is 2.72. The zero-order valence-electron chi connectivity index (χ0n) is 16.1. The van der Waals surface area contributed by atoms with Crippen LogP contribution >= 0.6 is 0 Å². The third-order valence-corrected chi connectivity index (χ3v) is 5.81. The summed E-state index contributed by atoms with van der Waals surface area (Å²) in [6, 6.07) is 15.2. The van der Waals surface area contributed by atoms with Crippen LogP contribution in [-0.2, 0) is 19.3 Å². The van der Waals surface area contributed by atoms with Gasteiger partial charge in [0.05, 0.1) is 5.56 Å². The molecule has 0 aromatic heterocycles. The molecule has 4 heteroatoms. The standard InChI is InChI=1S/C25H20F3N/c1-2-15-9-23(27)25(24(28)10-15)20-7-5-16-11-17(3-4-18(16)12-20)19-6-8-21(14-29)22(26)13-19/h3-4,6,8-11,13,20H,2,5,7,12H2,1H3. The molecule has 1 aliphatic carbocycles. The SMILES string of the molecule is CCc1cc(F)c(C2CCc3cc(-c4ccc(C#N)c(F)c4)ccc3C2)c(F)c1. The Morgan fingerprint density at radius 3 is 2.24 bits per heavy atom. The van der Waals surface area contributed by atoms with Gasteiger partial charge in [-0.3, -0.25) is 0 Å². The van der Waals surface area contributed by atoms with Crippen molar-refractivity contribution in [1.82, 2.24) is 0 Å². The highest BCUT2D eigenvalue weighted by atomic mass is 19.1. The van der Waals surface area contributed by atoms with Gasteiger partial charge in [0.25, 0.3) is 0 Å². The number of nitriles is 1. The van der Waals surface area contributed by atoms with Crippen LogP contribution in [0.5, 0.6) is 0 Å². The molecule has 29 heavy (non-hydrogen) atoms. The first-order valence-electron chi connectivity index (χ1n) is 9.79. The summed E-state index contributed by atoms with van der Waals surface area (Å²) in [6.07, 6.45) is 2.55. The van der Waals surface area contributed by atoms with Crippen molar-refractivity contribution in [1.29, 1.82) is 5.26 Å². The first-order chi connectivity index (χ1) is 14.0. The minimum Gasteiger partial charge on any atom is -0.207 e. The Labute approximate surface area is 168 Å². The Morgan fingerprint density at radius 2 is 1.59 bits per heavy atom. The zero-order chi connectivity index (χ0) is 20.5. The number of hydrogen-bond acceptors (Lipinski definition) is 1. The highest BCUT2D eigenvalue weighted by Gasteiger charge is 2.26. The van der Waals surface area contributed by atoms with Crippen molar-refractivity contribution in [2.75, 3.05) is 0 Å². The fourth-order valence-corrected chi connectivity index (χ4v) is 4.20. The molecule has 0 radical (unpaired) electrons. The fraction of sp³-hybridized carbons (Fsp3) is 0.240. The number of benzene rings is 3. The molecule has 146 valence electrons. The van der Waals surface area contributed by atoms with Gasteiger partial charge in [0.15, 0.2) is 0 Å². The van der Waals surface area contributed by atoms with Gasteiger partial charge in [0, 0.05) is 5.56 Å². The molecule has 0 saturated heterocycles. The molecule has 4 rings (SSSR count). The summed E-state index contributed by atoms with van der Waals surface area (Å²) in [5.74, 6) is -1.64. The van der Waals surface area contributed by atoms with E-state index in [1.165, 1.54) is 24.3 Å². The van der Waals surface area contributed by atoms with Gasteiger partial charge in [0.1, 0.15) is 23.5 Å². The van der Waals surface area contributed by atoms with Crippen LogP contribution in [0, 0.1) is 28.8 Å². The van der Waals surface area contributed by atoms with Crippen LogP contribution in [-0.4, -0.2) is 0 Å². The lowest BCUT2D eigenvalue weighted by atomic mass is 9.78. The molecule has 1 unspecified atom stereocenters. The van der Waals surface area contributed by atoms with Crippen LogP contribution in [0.25, 0.3) is 11.1 Å². The summed E-state index contributed by atoms with van der Waals surface area (Å²) in [7, 11) is 0. The number of nitrogens with zero attached hydrogens (tertiary/aromatic N) is 1. The summed E-state index contributed by atoms with van der Waals surface area (Å²) in [6.45, 7) is 1.88. The van der Waals surface area contributed by atoms with E-state index in [4.69, 9.17) is 5.26 Å². The quantitative estimate of drug-likeness (QED) is 0.501. The lowest BCUT2D eigenvalue weighted by Gasteiger charge is -2.26. The van der Waals surface area contributed by atoms with Gasteiger partial charge >= 0.3 is 0 Å². The summed E-state index contributed by atoms with van der Waals surface area (Å²) >= 11 is 0. The van der Waals surface area contributed by atoms with Crippen molar-refractivity contribution in [2.24, 2.45) is 0 Å². The molecule has 0 bridgehead atoms. The molecule has 1 atom stereocenters. The van der Waals surface area contributed by atoms with Crippen LogP contribution in [0.15, 0.2) is 48.5 Å². The maximum atomic E-state index is 14.5. The molecule has 0 amide bonds. The van der Waals surface area contributed by atoms with E-state index >= 15 is 0 Å². The topological polar surface area (TPSA) is 23.8 Å². The van der Waals surface area contributed by atoms with Crippen molar-refractivity contribution in [2.45, 2.75) is 38.5 Å². The molecule has 0 fully saturated rings. The maximum absolute atomic E-state index is 14.5. The number of rotatable bonds is 3. The van der Waals surface area contributed by atoms with Crippen molar-refractivity contribution in [3.05, 3.63) is 93.8 Å². The van der Waals surface area contributed by atoms with E-state index < -0.39 is 17.5 Å². The Kier molecular flexibility index (Phi) is 5.15. The van der Waals surface area contributed by atoms with E-state index in [0.717, 1.165) is 16.7 Å². The van der Waals surface area contributed by atoms with E-state index in [1.807, 2.05) is 31.2 Å². The van der Waals surface area contributed by atoms with E-state index in [9.17, 15) is 13.2 Å². The molecule has 3 aromatic carbocycles. The molecule has 0 aliphatic heterocycles. The molecular weight excluding hydrogens is 371 g/mol. The Hall–Kier alpha value is -3.06. The molecule has 0 spiro atoms. The molecule has 3 aromatic rings. The maximum Gasteiger partial charge on any atom is 0.141 e. The van der Waals surface area contributed by atoms with Crippen molar-refractivity contribution in [3.8, 4) is 17.2 Å². The minimum atomic E-state index is -0.538. The smallest absolute Gasteiger partial charge is 0.141 e. The Balaban J connectivity index is 1.62. The summed E-state index contributed by atoms with van der Waals surface area (Å²) in [5, 5.41) is 8.88. The normalized spacial score (nSPS) is 15.6. The molecule has 1 nitrogen and oxygen atoms in total. The first-order valence-corrected chi connectivity index (χ1v) is 9.79. The highest BCUT2D eigenvalue weighted by molar-refractivity contribution is 5.66. The second-order valence-electron chi connectivity index (χ2n) is 7.56. The number of hydrogen-bond donors (Lipinski definition) is 0. The molecule has 1 aliphatic rings.